The number of hydrogen-bond donors (Lipinski definition) is 3. The summed E-state index contributed by atoms with van der Waals surface area (Å²) >= 11 is 3.87. The van der Waals surface area contributed by atoms with Crippen LogP contribution in [-0.2, 0) is 4.79 Å². The Balaban J connectivity index is 4.08. The smallest absolute Gasteiger partial charge is 0.324 e. The molecule has 1 atom stereocenters. The molecule has 0 saturated heterocycles. The van der Waals surface area contributed by atoms with Crippen molar-refractivity contribution in [3.8, 4) is 0 Å². The Bertz CT molecular complexity index is 129. The Labute approximate surface area is 66.0 Å². The van der Waals surface area contributed by atoms with E-state index in [4.69, 9.17) is 10.8 Å². The van der Waals surface area contributed by atoms with Crippen LogP contribution in [0.3, 0.4) is 0 Å². The van der Waals surface area contributed by atoms with Gasteiger partial charge in [0, 0.05) is 5.75 Å². The molecule has 0 aromatic carbocycles. The average molecular weight is 163 g/mol. The summed E-state index contributed by atoms with van der Waals surface area (Å²) in [5, 5.41) is 8.59. The largest absolute Gasteiger partial charge is 0.480 e. The van der Waals surface area contributed by atoms with Crippen molar-refractivity contribution in [2.24, 2.45) is 5.73 Å². The van der Waals surface area contributed by atoms with Crippen molar-refractivity contribution < 1.29 is 9.90 Å². The maximum absolute atomic E-state index is 10.5. The molecule has 0 rings (SSSR count). The third-order valence-corrected chi connectivity index (χ3v) is 1.97. The van der Waals surface area contributed by atoms with Gasteiger partial charge in [-0.3, -0.25) is 4.79 Å². The molecule has 1 unspecified atom stereocenters. The predicted octanol–water partition coefficient (Wildman–Crippen LogP) is 0.498. The minimum absolute atomic E-state index is 0.191. The molecule has 0 aliphatic rings. The summed E-state index contributed by atoms with van der Waals surface area (Å²) in [6.45, 7) is 1.90. The van der Waals surface area contributed by atoms with Crippen molar-refractivity contribution in [2.75, 3.05) is 5.75 Å². The molecule has 0 aliphatic heterocycles. The molecule has 3 nitrogen and oxygen atoms in total. The summed E-state index contributed by atoms with van der Waals surface area (Å²) in [4.78, 5) is 10.5. The van der Waals surface area contributed by atoms with E-state index in [0.29, 0.717) is 6.42 Å². The molecule has 0 bridgehead atoms. The van der Waals surface area contributed by atoms with Gasteiger partial charge in [-0.2, -0.15) is 12.6 Å². The number of nitrogens with two attached hydrogens (primary N) is 1. The zero-order chi connectivity index (χ0) is 8.20. The van der Waals surface area contributed by atoms with Crippen molar-refractivity contribution in [2.45, 2.75) is 25.3 Å². The molecule has 0 heterocycles. The van der Waals surface area contributed by atoms with Crippen LogP contribution in [0.15, 0.2) is 0 Å². The molecular formula is C6H13NO2S. The van der Waals surface area contributed by atoms with Gasteiger partial charge in [-0.05, 0) is 6.42 Å². The Hall–Kier alpha value is -0.220. The molecule has 0 amide bonds. The second kappa shape index (κ2) is 3.83. The Kier molecular flexibility index (Phi) is 3.75. The molecule has 0 aliphatic carbocycles. The van der Waals surface area contributed by atoms with Crippen LogP contribution in [0.25, 0.3) is 0 Å². The van der Waals surface area contributed by atoms with Crippen molar-refractivity contribution in [3.63, 3.8) is 0 Å². The first kappa shape index (κ1) is 9.78. The van der Waals surface area contributed by atoms with Crippen LogP contribution in [0.1, 0.15) is 19.8 Å². The monoisotopic (exact) mass is 163 g/mol. The zero-order valence-electron chi connectivity index (χ0n) is 6.00. The van der Waals surface area contributed by atoms with Gasteiger partial charge in [0.25, 0.3) is 0 Å². The van der Waals surface area contributed by atoms with E-state index in [1.807, 2.05) is 6.92 Å². The van der Waals surface area contributed by atoms with E-state index < -0.39 is 11.5 Å². The lowest BCUT2D eigenvalue weighted by atomic mass is 9.98. The van der Waals surface area contributed by atoms with Crippen LogP contribution in [0, 0.1) is 0 Å². The second-order valence-electron chi connectivity index (χ2n) is 2.37. The Morgan fingerprint density at radius 2 is 2.30 bits per heavy atom. The maximum atomic E-state index is 10.5. The lowest BCUT2D eigenvalue weighted by molar-refractivity contribution is -0.142. The Morgan fingerprint density at radius 3 is 2.40 bits per heavy atom. The van der Waals surface area contributed by atoms with Crippen LogP contribution in [0.4, 0.5) is 0 Å². The number of carboxylic acids is 1. The quantitative estimate of drug-likeness (QED) is 0.529. The lowest BCUT2D eigenvalue weighted by Gasteiger charge is -2.20. The molecule has 0 aromatic heterocycles. The number of carbonyl (C=O) groups is 1. The highest BCUT2D eigenvalue weighted by Crippen LogP contribution is 2.11. The van der Waals surface area contributed by atoms with E-state index in [1.165, 1.54) is 0 Å². The highest BCUT2D eigenvalue weighted by atomic mass is 32.1. The average Bonchev–Trinajstić information content (AvgIpc) is 1.88. The van der Waals surface area contributed by atoms with Crippen LogP contribution < -0.4 is 5.73 Å². The van der Waals surface area contributed by atoms with Gasteiger partial charge in [-0.25, -0.2) is 0 Å². The van der Waals surface area contributed by atoms with Crippen molar-refractivity contribution in [1.29, 1.82) is 0 Å². The van der Waals surface area contributed by atoms with Gasteiger partial charge in [-0.15, -0.1) is 0 Å². The molecule has 0 spiro atoms. The third kappa shape index (κ3) is 2.19. The van der Waals surface area contributed by atoms with E-state index in [-0.39, 0.29) is 5.75 Å². The fraction of sp³-hybridized carbons (Fsp3) is 0.833. The van der Waals surface area contributed by atoms with E-state index in [9.17, 15) is 4.79 Å². The number of thiol groups is 1. The molecule has 0 saturated carbocycles. The number of rotatable bonds is 4. The maximum Gasteiger partial charge on any atom is 0.324 e. The normalized spacial score (nSPS) is 16.3. The van der Waals surface area contributed by atoms with Gasteiger partial charge in [0.1, 0.15) is 5.54 Å². The topological polar surface area (TPSA) is 63.3 Å². The number of hydrogen-bond acceptors (Lipinski definition) is 3. The van der Waals surface area contributed by atoms with Crippen LogP contribution >= 0.6 is 12.6 Å². The van der Waals surface area contributed by atoms with Crippen LogP contribution in [-0.4, -0.2) is 22.4 Å². The molecule has 10 heavy (non-hydrogen) atoms. The summed E-state index contributed by atoms with van der Waals surface area (Å²) < 4.78 is 0. The molecule has 3 N–H and O–H groups in total. The molecule has 0 aromatic rings. The lowest BCUT2D eigenvalue weighted by Crippen LogP contribution is -2.49. The molecule has 4 heteroatoms. The van der Waals surface area contributed by atoms with Crippen molar-refractivity contribution >= 4 is 18.6 Å². The van der Waals surface area contributed by atoms with Gasteiger partial charge < -0.3 is 10.8 Å². The fourth-order valence-electron chi connectivity index (χ4n) is 0.700. The summed E-state index contributed by atoms with van der Waals surface area (Å²) in [5.41, 5.74) is 4.35. The highest BCUT2D eigenvalue weighted by molar-refractivity contribution is 7.80. The summed E-state index contributed by atoms with van der Waals surface area (Å²) in [7, 11) is 0. The summed E-state index contributed by atoms with van der Waals surface area (Å²) in [5.74, 6) is -0.778. The molecule has 0 radical (unpaired) electrons. The second-order valence-corrected chi connectivity index (χ2v) is 2.69. The van der Waals surface area contributed by atoms with E-state index in [0.717, 1.165) is 6.42 Å². The van der Waals surface area contributed by atoms with Gasteiger partial charge in [-0.1, -0.05) is 13.3 Å². The third-order valence-electron chi connectivity index (χ3n) is 1.40. The number of carboxylic acid groups (broad SMARTS) is 1. The first-order valence-electron chi connectivity index (χ1n) is 3.20. The van der Waals surface area contributed by atoms with Crippen LogP contribution in [0.2, 0.25) is 0 Å². The van der Waals surface area contributed by atoms with Gasteiger partial charge in [0.05, 0.1) is 0 Å². The van der Waals surface area contributed by atoms with Crippen LogP contribution in [0.5, 0.6) is 0 Å². The van der Waals surface area contributed by atoms with Crippen molar-refractivity contribution in [3.05, 3.63) is 0 Å². The van der Waals surface area contributed by atoms with E-state index >= 15 is 0 Å². The van der Waals surface area contributed by atoms with Gasteiger partial charge in [0.2, 0.25) is 0 Å². The molecular weight excluding hydrogens is 150 g/mol. The minimum Gasteiger partial charge on any atom is -0.480 e. The fourth-order valence-corrected chi connectivity index (χ4v) is 0.993. The first-order chi connectivity index (χ1) is 4.56. The van der Waals surface area contributed by atoms with Gasteiger partial charge in [0.15, 0.2) is 0 Å². The number of aliphatic carboxylic acids is 1. The highest BCUT2D eigenvalue weighted by Gasteiger charge is 2.30. The Morgan fingerprint density at radius 1 is 1.80 bits per heavy atom. The van der Waals surface area contributed by atoms with E-state index in [2.05, 4.69) is 12.6 Å². The standard InChI is InChI=1S/C6H13NO2S/c1-2-3-6(7,4-10)5(8)9/h10H,2-4,7H2,1H3,(H,8,9). The zero-order valence-corrected chi connectivity index (χ0v) is 6.90. The van der Waals surface area contributed by atoms with Crippen molar-refractivity contribution in [1.82, 2.24) is 0 Å². The van der Waals surface area contributed by atoms with E-state index in [1.54, 1.807) is 0 Å². The van der Waals surface area contributed by atoms with Gasteiger partial charge >= 0.3 is 5.97 Å². The SMILES string of the molecule is CCCC(N)(CS)C(=O)O. The predicted molar refractivity (Wildman–Crippen MR) is 43.3 cm³/mol. The molecule has 0 fully saturated rings. The first-order valence-corrected chi connectivity index (χ1v) is 3.83. The summed E-state index contributed by atoms with van der Waals surface area (Å²) in [6.07, 6.45) is 1.25. The summed E-state index contributed by atoms with van der Waals surface area (Å²) in [6, 6.07) is 0. The minimum atomic E-state index is -1.13. The molecule has 60 valence electrons.